The monoisotopic (exact) mass is 392 g/mol. The van der Waals surface area contributed by atoms with E-state index in [0.29, 0.717) is 5.75 Å². The smallest absolute Gasteiger partial charge is 0.169 e. The van der Waals surface area contributed by atoms with Crippen LogP contribution in [0.3, 0.4) is 0 Å². The first-order chi connectivity index (χ1) is 9.84. The molecule has 1 aliphatic rings. The van der Waals surface area contributed by atoms with E-state index in [4.69, 9.17) is 0 Å². The summed E-state index contributed by atoms with van der Waals surface area (Å²) in [5.74, 6) is 1.59. The van der Waals surface area contributed by atoms with Gasteiger partial charge in [-0.2, -0.15) is 11.8 Å². The van der Waals surface area contributed by atoms with Crippen molar-refractivity contribution < 1.29 is 8.42 Å². The van der Waals surface area contributed by atoms with Gasteiger partial charge < -0.3 is 10.2 Å². The first-order valence-electron chi connectivity index (χ1n) is 6.84. The Morgan fingerprint density at radius 3 is 2.76 bits per heavy atom. The Morgan fingerprint density at radius 2 is 2.19 bits per heavy atom. The van der Waals surface area contributed by atoms with Crippen LogP contribution in [-0.2, 0) is 9.84 Å². The van der Waals surface area contributed by atoms with Gasteiger partial charge in [-0.25, -0.2) is 8.42 Å². The van der Waals surface area contributed by atoms with E-state index in [9.17, 15) is 8.42 Å². The molecule has 0 radical (unpaired) electrons. The summed E-state index contributed by atoms with van der Waals surface area (Å²) >= 11 is 5.31. The van der Waals surface area contributed by atoms with Gasteiger partial charge in [0.1, 0.15) is 5.37 Å². The lowest BCUT2D eigenvalue weighted by molar-refractivity contribution is 0.584. The summed E-state index contributed by atoms with van der Waals surface area (Å²) in [7, 11) is -1.17. The fraction of sp³-hybridized carbons (Fsp3) is 0.571. The highest BCUT2D eigenvalue weighted by Crippen LogP contribution is 2.32. The Balaban J connectivity index is 2.34. The minimum absolute atomic E-state index is 0.246. The third-order valence-electron chi connectivity index (χ3n) is 3.79. The molecule has 21 heavy (non-hydrogen) atoms. The van der Waals surface area contributed by atoms with E-state index in [2.05, 4.69) is 34.2 Å². The van der Waals surface area contributed by atoms with Gasteiger partial charge in [-0.3, -0.25) is 0 Å². The lowest BCUT2D eigenvalue weighted by Gasteiger charge is -2.36. The fourth-order valence-corrected chi connectivity index (χ4v) is 5.98. The molecule has 0 saturated carbocycles. The van der Waals surface area contributed by atoms with Gasteiger partial charge in [0.05, 0.1) is 0 Å². The van der Waals surface area contributed by atoms with Crippen LogP contribution < -0.4 is 10.2 Å². The standard InChI is InChI=1S/C14H21BrN2O2S2/c1-10(16-2)12-5-4-11(8-13(12)15)17-6-7-20-9-14(17)21(3,18)19/h4-5,8,10,14,16H,6-7,9H2,1-3H3. The second-order valence-electron chi connectivity index (χ2n) is 5.27. The predicted molar refractivity (Wildman–Crippen MR) is 94.9 cm³/mol. The van der Waals surface area contributed by atoms with Crippen molar-refractivity contribution in [1.29, 1.82) is 0 Å². The summed E-state index contributed by atoms with van der Waals surface area (Å²) in [5.41, 5.74) is 2.13. The van der Waals surface area contributed by atoms with Crippen molar-refractivity contribution in [3.8, 4) is 0 Å². The third-order valence-corrected chi connectivity index (χ3v) is 7.12. The largest absolute Gasteiger partial charge is 0.353 e. The van der Waals surface area contributed by atoms with Crippen molar-refractivity contribution in [2.24, 2.45) is 0 Å². The average Bonchev–Trinajstić information content (AvgIpc) is 2.45. The van der Waals surface area contributed by atoms with Crippen LogP contribution in [0.15, 0.2) is 22.7 Å². The van der Waals surface area contributed by atoms with Crippen LogP contribution >= 0.6 is 27.7 Å². The van der Waals surface area contributed by atoms with Gasteiger partial charge in [0.25, 0.3) is 0 Å². The molecule has 1 heterocycles. The van der Waals surface area contributed by atoms with E-state index in [-0.39, 0.29) is 6.04 Å². The van der Waals surface area contributed by atoms with Gasteiger partial charge in [0.2, 0.25) is 0 Å². The zero-order chi connectivity index (χ0) is 15.6. The Hall–Kier alpha value is -0.240. The molecule has 7 heteroatoms. The zero-order valence-electron chi connectivity index (χ0n) is 12.5. The van der Waals surface area contributed by atoms with E-state index < -0.39 is 15.2 Å². The zero-order valence-corrected chi connectivity index (χ0v) is 15.7. The van der Waals surface area contributed by atoms with Crippen molar-refractivity contribution >= 4 is 43.2 Å². The van der Waals surface area contributed by atoms with Crippen LogP contribution in [0, 0.1) is 0 Å². The summed E-state index contributed by atoms with van der Waals surface area (Å²) < 4.78 is 25.0. The van der Waals surface area contributed by atoms with Crippen LogP contribution in [0.1, 0.15) is 18.5 Å². The molecule has 2 rings (SSSR count). The molecule has 1 aromatic rings. The minimum Gasteiger partial charge on any atom is -0.353 e. The molecule has 0 aromatic heterocycles. The first-order valence-corrected chi connectivity index (χ1v) is 10.7. The topological polar surface area (TPSA) is 49.4 Å². The molecule has 1 saturated heterocycles. The first kappa shape index (κ1) is 17.1. The predicted octanol–water partition coefficient (Wildman–Crippen LogP) is 2.65. The Labute approximate surface area is 139 Å². The van der Waals surface area contributed by atoms with Crippen molar-refractivity contribution in [1.82, 2.24) is 5.32 Å². The minimum atomic E-state index is -3.09. The maximum atomic E-state index is 12.0. The highest BCUT2D eigenvalue weighted by molar-refractivity contribution is 9.10. The molecule has 0 aliphatic carbocycles. The van der Waals surface area contributed by atoms with Gasteiger partial charge in [0.15, 0.2) is 9.84 Å². The van der Waals surface area contributed by atoms with E-state index in [1.807, 2.05) is 24.1 Å². The molecule has 0 spiro atoms. The molecule has 2 atom stereocenters. The molecule has 118 valence electrons. The van der Waals surface area contributed by atoms with Crippen LogP contribution in [0.5, 0.6) is 0 Å². The highest BCUT2D eigenvalue weighted by atomic mass is 79.9. The summed E-state index contributed by atoms with van der Waals surface area (Å²) in [4.78, 5) is 2.00. The molecule has 1 N–H and O–H groups in total. The SMILES string of the molecule is CNC(C)c1ccc(N2CCSCC2S(C)(=O)=O)cc1Br. The van der Waals surface area contributed by atoms with Crippen LogP contribution in [0.2, 0.25) is 0 Å². The molecular weight excluding hydrogens is 372 g/mol. The fourth-order valence-electron chi connectivity index (χ4n) is 2.43. The normalized spacial score (nSPS) is 21.3. The number of nitrogens with one attached hydrogen (secondary N) is 1. The van der Waals surface area contributed by atoms with Gasteiger partial charge in [-0.1, -0.05) is 22.0 Å². The number of halogens is 1. The maximum absolute atomic E-state index is 12.0. The summed E-state index contributed by atoms with van der Waals surface area (Å²) in [6.07, 6.45) is 1.32. The molecule has 1 aromatic carbocycles. The Morgan fingerprint density at radius 1 is 1.48 bits per heavy atom. The number of anilines is 1. The molecule has 0 amide bonds. The van der Waals surface area contributed by atoms with Gasteiger partial charge in [0, 0.05) is 40.5 Å². The van der Waals surface area contributed by atoms with Gasteiger partial charge in [-0.05, 0) is 31.7 Å². The quantitative estimate of drug-likeness (QED) is 0.853. The Kier molecular flexibility index (Phi) is 5.62. The van der Waals surface area contributed by atoms with Crippen molar-refractivity contribution in [2.75, 3.05) is 36.3 Å². The maximum Gasteiger partial charge on any atom is 0.169 e. The highest BCUT2D eigenvalue weighted by Gasteiger charge is 2.31. The van der Waals surface area contributed by atoms with E-state index in [1.54, 1.807) is 11.8 Å². The van der Waals surface area contributed by atoms with Crippen molar-refractivity contribution in [3.05, 3.63) is 28.2 Å². The number of hydrogen-bond donors (Lipinski definition) is 1. The van der Waals surface area contributed by atoms with Crippen molar-refractivity contribution in [3.63, 3.8) is 0 Å². The number of benzene rings is 1. The summed E-state index contributed by atoms with van der Waals surface area (Å²) in [6.45, 7) is 2.85. The number of hydrogen-bond acceptors (Lipinski definition) is 5. The van der Waals surface area contributed by atoms with Crippen LogP contribution in [0.4, 0.5) is 5.69 Å². The number of sulfone groups is 1. The molecule has 0 bridgehead atoms. The Bertz CT molecular complexity index is 607. The molecule has 1 aliphatic heterocycles. The van der Waals surface area contributed by atoms with E-state index in [1.165, 1.54) is 11.8 Å². The second-order valence-corrected chi connectivity index (χ2v) is 9.48. The molecular formula is C14H21BrN2O2S2. The average molecular weight is 393 g/mol. The van der Waals surface area contributed by atoms with Crippen LogP contribution in [0.25, 0.3) is 0 Å². The number of thioether (sulfide) groups is 1. The van der Waals surface area contributed by atoms with Crippen molar-refractivity contribution in [2.45, 2.75) is 18.3 Å². The summed E-state index contributed by atoms with van der Waals surface area (Å²) in [6, 6.07) is 6.34. The number of nitrogens with zero attached hydrogens (tertiary/aromatic N) is 1. The lowest BCUT2D eigenvalue weighted by atomic mass is 10.1. The van der Waals surface area contributed by atoms with Crippen LogP contribution in [-0.4, -0.2) is 45.1 Å². The molecule has 2 unspecified atom stereocenters. The molecule has 1 fully saturated rings. The van der Waals surface area contributed by atoms with Gasteiger partial charge in [-0.15, -0.1) is 0 Å². The lowest BCUT2D eigenvalue weighted by Crippen LogP contribution is -2.47. The van der Waals surface area contributed by atoms with Gasteiger partial charge >= 0.3 is 0 Å². The third kappa shape index (κ3) is 3.94. The van der Waals surface area contributed by atoms with E-state index >= 15 is 0 Å². The summed E-state index contributed by atoms with van der Waals surface area (Å²) in [5, 5.41) is 2.78. The number of rotatable bonds is 4. The molecule has 4 nitrogen and oxygen atoms in total. The van der Waals surface area contributed by atoms with E-state index in [0.717, 1.165) is 22.5 Å². The second kappa shape index (κ2) is 6.89.